The second-order valence-corrected chi connectivity index (χ2v) is 4.90. The summed E-state index contributed by atoms with van der Waals surface area (Å²) in [5, 5.41) is 0. The highest BCUT2D eigenvalue weighted by atomic mass is 16.5. The molecule has 4 nitrogen and oxygen atoms in total. The Bertz CT molecular complexity index is 437. The predicted octanol–water partition coefficient (Wildman–Crippen LogP) is 2.33. The van der Waals surface area contributed by atoms with Crippen LogP contribution in [0, 0.1) is 0 Å². The maximum absolute atomic E-state index is 12.6. The van der Waals surface area contributed by atoms with E-state index in [1.54, 1.807) is 0 Å². The van der Waals surface area contributed by atoms with Gasteiger partial charge >= 0.3 is 0 Å². The Morgan fingerprint density at radius 1 is 1.32 bits per heavy atom. The molecule has 1 aromatic rings. The number of morpholine rings is 1. The second kappa shape index (κ2) is 6.06. The van der Waals surface area contributed by atoms with Gasteiger partial charge < -0.3 is 14.4 Å². The molecule has 1 fully saturated rings. The van der Waals surface area contributed by atoms with Crippen molar-refractivity contribution < 1.29 is 14.3 Å². The molecular formula is C15H21NO3. The molecule has 2 rings (SSSR count). The molecule has 0 N–H and O–H groups in total. The van der Waals surface area contributed by atoms with Gasteiger partial charge in [-0.1, -0.05) is 12.1 Å². The molecule has 1 aromatic carbocycles. The van der Waals surface area contributed by atoms with Crippen LogP contribution in [0.4, 0.5) is 0 Å². The van der Waals surface area contributed by atoms with Gasteiger partial charge in [-0.15, -0.1) is 0 Å². The van der Waals surface area contributed by atoms with Crippen LogP contribution in [0.15, 0.2) is 24.3 Å². The van der Waals surface area contributed by atoms with Crippen molar-refractivity contribution in [2.75, 3.05) is 19.7 Å². The summed E-state index contributed by atoms with van der Waals surface area (Å²) in [5.41, 5.74) is 0.630. The normalized spacial score (nSPS) is 23.2. The topological polar surface area (TPSA) is 38.8 Å². The van der Waals surface area contributed by atoms with E-state index >= 15 is 0 Å². The van der Waals surface area contributed by atoms with Crippen LogP contribution in [0.3, 0.4) is 0 Å². The minimum absolute atomic E-state index is 0.0195. The molecule has 2 unspecified atom stereocenters. The SMILES string of the molecule is CCOc1ccccc1C(=O)N1CC(C)OC(C)C1. The Kier molecular flexibility index (Phi) is 4.43. The molecule has 0 saturated carbocycles. The van der Waals surface area contributed by atoms with Gasteiger partial charge in [-0.05, 0) is 32.9 Å². The van der Waals surface area contributed by atoms with E-state index in [-0.39, 0.29) is 18.1 Å². The van der Waals surface area contributed by atoms with E-state index in [1.165, 1.54) is 0 Å². The zero-order valence-corrected chi connectivity index (χ0v) is 11.8. The molecule has 1 aliphatic rings. The highest BCUT2D eigenvalue weighted by Crippen LogP contribution is 2.22. The van der Waals surface area contributed by atoms with Crippen molar-refractivity contribution in [1.29, 1.82) is 0 Å². The van der Waals surface area contributed by atoms with Gasteiger partial charge in [0.05, 0.1) is 24.4 Å². The predicted molar refractivity (Wildman–Crippen MR) is 73.5 cm³/mol. The van der Waals surface area contributed by atoms with Crippen molar-refractivity contribution in [1.82, 2.24) is 4.90 Å². The highest BCUT2D eigenvalue weighted by molar-refractivity contribution is 5.97. The standard InChI is InChI=1S/C15H21NO3/c1-4-18-14-8-6-5-7-13(14)15(17)16-9-11(2)19-12(3)10-16/h5-8,11-12H,4,9-10H2,1-3H3. The van der Waals surface area contributed by atoms with Crippen molar-refractivity contribution in [3.05, 3.63) is 29.8 Å². The summed E-state index contributed by atoms with van der Waals surface area (Å²) in [5.74, 6) is 0.674. The maximum Gasteiger partial charge on any atom is 0.257 e. The monoisotopic (exact) mass is 263 g/mol. The minimum atomic E-state index is 0.0195. The molecule has 0 spiro atoms. The van der Waals surface area contributed by atoms with E-state index < -0.39 is 0 Å². The summed E-state index contributed by atoms with van der Waals surface area (Å²) in [6.45, 7) is 7.71. The van der Waals surface area contributed by atoms with Gasteiger partial charge in [-0.2, -0.15) is 0 Å². The third-order valence-corrected chi connectivity index (χ3v) is 3.12. The average molecular weight is 263 g/mol. The molecule has 0 bridgehead atoms. The van der Waals surface area contributed by atoms with Gasteiger partial charge in [0.25, 0.3) is 5.91 Å². The van der Waals surface area contributed by atoms with Crippen LogP contribution >= 0.6 is 0 Å². The van der Waals surface area contributed by atoms with Crippen LogP contribution in [0.1, 0.15) is 31.1 Å². The quantitative estimate of drug-likeness (QED) is 0.840. The maximum atomic E-state index is 12.6. The summed E-state index contributed by atoms with van der Waals surface area (Å²) >= 11 is 0. The molecule has 1 aliphatic heterocycles. The van der Waals surface area contributed by atoms with Gasteiger partial charge in [-0.3, -0.25) is 4.79 Å². The molecule has 19 heavy (non-hydrogen) atoms. The van der Waals surface area contributed by atoms with Gasteiger partial charge in [-0.25, -0.2) is 0 Å². The van der Waals surface area contributed by atoms with Crippen LogP contribution in [-0.4, -0.2) is 42.7 Å². The summed E-state index contributed by atoms with van der Waals surface area (Å²) in [7, 11) is 0. The fourth-order valence-corrected chi connectivity index (χ4v) is 2.44. The van der Waals surface area contributed by atoms with Crippen molar-refractivity contribution in [2.45, 2.75) is 33.0 Å². The molecule has 0 radical (unpaired) electrons. The van der Waals surface area contributed by atoms with Crippen LogP contribution in [0.2, 0.25) is 0 Å². The molecule has 1 amide bonds. The Labute approximate surface area is 114 Å². The van der Waals surface area contributed by atoms with Gasteiger partial charge in [0.15, 0.2) is 0 Å². The number of hydrogen-bond acceptors (Lipinski definition) is 3. The number of hydrogen-bond donors (Lipinski definition) is 0. The number of rotatable bonds is 3. The van der Waals surface area contributed by atoms with E-state index in [4.69, 9.17) is 9.47 Å². The number of ether oxygens (including phenoxy) is 2. The smallest absolute Gasteiger partial charge is 0.257 e. The van der Waals surface area contributed by atoms with E-state index in [9.17, 15) is 4.79 Å². The van der Waals surface area contributed by atoms with Gasteiger partial charge in [0, 0.05) is 13.1 Å². The number of amides is 1. The number of nitrogens with zero attached hydrogens (tertiary/aromatic N) is 1. The van der Waals surface area contributed by atoms with Gasteiger partial charge in [0.1, 0.15) is 5.75 Å². The van der Waals surface area contributed by atoms with Crippen LogP contribution in [-0.2, 0) is 4.74 Å². The molecule has 2 atom stereocenters. The second-order valence-electron chi connectivity index (χ2n) is 4.90. The fourth-order valence-electron chi connectivity index (χ4n) is 2.44. The van der Waals surface area contributed by atoms with Crippen molar-refractivity contribution >= 4 is 5.91 Å². The van der Waals surface area contributed by atoms with Crippen molar-refractivity contribution in [2.24, 2.45) is 0 Å². The van der Waals surface area contributed by atoms with Crippen LogP contribution in [0.5, 0.6) is 5.75 Å². The lowest BCUT2D eigenvalue weighted by molar-refractivity contribution is -0.0586. The fraction of sp³-hybridized carbons (Fsp3) is 0.533. The summed E-state index contributed by atoms with van der Waals surface area (Å²) < 4.78 is 11.2. The minimum Gasteiger partial charge on any atom is -0.493 e. The first-order chi connectivity index (χ1) is 9.11. The van der Waals surface area contributed by atoms with Crippen molar-refractivity contribution in [3.63, 3.8) is 0 Å². The highest BCUT2D eigenvalue weighted by Gasteiger charge is 2.27. The summed E-state index contributed by atoms with van der Waals surface area (Å²) in [6.07, 6.45) is 0.152. The number of benzene rings is 1. The van der Waals surface area contributed by atoms with E-state index in [0.29, 0.717) is 31.0 Å². The van der Waals surface area contributed by atoms with E-state index in [2.05, 4.69) is 0 Å². The third-order valence-electron chi connectivity index (χ3n) is 3.12. The largest absolute Gasteiger partial charge is 0.493 e. The Balaban J connectivity index is 2.19. The first kappa shape index (κ1) is 13.9. The van der Waals surface area contributed by atoms with Crippen molar-refractivity contribution in [3.8, 4) is 5.75 Å². The molecule has 1 heterocycles. The summed E-state index contributed by atoms with van der Waals surface area (Å²) in [6, 6.07) is 7.40. The van der Waals surface area contributed by atoms with Gasteiger partial charge in [0.2, 0.25) is 0 Å². The molecule has 0 aromatic heterocycles. The molecule has 1 saturated heterocycles. The lowest BCUT2D eigenvalue weighted by Crippen LogP contribution is -2.48. The van der Waals surface area contributed by atoms with E-state index in [1.807, 2.05) is 49.9 Å². The number of carbonyl (C=O) groups is 1. The molecule has 104 valence electrons. The third kappa shape index (κ3) is 3.26. The Morgan fingerprint density at radius 2 is 1.95 bits per heavy atom. The van der Waals surface area contributed by atoms with E-state index in [0.717, 1.165) is 0 Å². The number of carbonyl (C=O) groups excluding carboxylic acids is 1. The van der Waals surface area contributed by atoms with Crippen LogP contribution < -0.4 is 4.74 Å². The first-order valence-corrected chi connectivity index (χ1v) is 6.78. The molecule has 4 heteroatoms. The zero-order chi connectivity index (χ0) is 13.8. The summed E-state index contributed by atoms with van der Waals surface area (Å²) in [4.78, 5) is 14.4. The Hall–Kier alpha value is -1.55. The zero-order valence-electron chi connectivity index (χ0n) is 11.8. The Morgan fingerprint density at radius 3 is 2.58 bits per heavy atom. The average Bonchev–Trinajstić information content (AvgIpc) is 2.38. The lowest BCUT2D eigenvalue weighted by Gasteiger charge is -2.35. The van der Waals surface area contributed by atoms with Crippen LogP contribution in [0.25, 0.3) is 0 Å². The number of para-hydroxylation sites is 1. The molecule has 0 aliphatic carbocycles. The first-order valence-electron chi connectivity index (χ1n) is 6.78. The lowest BCUT2D eigenvalue weighted by atomic mass is 10.1. The molecular weight excluding hydrogens is 242 g/mol.